The molecule has 0 saturated heterocycles. The lowest BCUT2D eigenvalue weighted by atomic mass is 10.2. The van der Waals surface area contributed by atoms with E-state index < -0.39 is 0 Å². The van der Waals surface area contributed by atoms with Gasteiger partial charge in [0.2, 0.25) is 0 Å². The van der Waals surface area contributed by atoms with Crippen molar-refractivity contribution in [2.24, 2.45) is 5.10 Å². The number of hydrogen-bond donors (Lipinski definition) is 1. The van der Waals surface area contributed by atoms with Gasteiger partial charge in [-0.1, -0.05) is 23.9 Å². The van der Waals surface area contributed by atoms with Gasteiger partial charge < -0.3 is 9.47 Å². The zero-order valence-corrected chi connectivity index (χ0v) is 16.6. The Bertz CT molecular complexity index is 923. The minimum absolute atomic E-state index is 0.187. The number of hydrazone groups is 1. The number of aromatic nitrogens is 1. The van der Waals surface area contributed by atoms with Crippen LogP contribution in [0, 0.1) is 0 Å². The highest BCUT2D eigenvalue weighted by Gasteiger charge is 2.07. The number of methoxy groups -OCH3 is 1. The van der Waals surface area contributed by atoms with Crippen LogP contribution in [0.4, 0.5) is 0 Å². The maximum absolute atomic E-state index is 12.0. The third-order valence-electron chi connectivity index (χ3n) is 3.49. The number of carbonyl (C=O) groups is 1. The number of benzene rings is 2. The van der Waals surface area contributed by atoms with E-state index in [4.69, 9.17) is 9.47 Å². The highest BCUT2D eigenvalue weighted by Crippen LogP contribution is 2.29. The third-order valence-corrected chi connectivity index (χ3v) is 5.67. The molecule has 27 heavy (non-hydrogen) atoms. The average molecular weight is 402 g/mol. The van der Waals surface area contributed by atoms with Gasteiger partial charge in [-0.15, -0.1) is 11.3 Å². The van der Waals surface area contributed by atoms with Gasteiger partial charge in [0, 0.05) is 0 Å². The molecular weight excluding hydrogens is 382 g/mol. The average Bonchev–Trinajstić information content (AvgIpc) is 3.10. The van der Waals surface area contributed by atoms with Crippen LogP contribution in [0.15, 0.2) is 51.9 Å². The van der Waals surface area contributed by atoms with Crippen LogP contribution in [0.2, 0.25) is 0 Å². The molecular formula is C19H19N3O3S2. The minimum atomic E-state index is -0.187. The van der Waals surface area contributed by atoms with Crippen LogP contribution < -0.4 is 14.9 Å². The van der Waals surface area contributed by atoms with E-state index in [-0.39, 0.29) is 11.7 Å². The maximum atomic E-state index is 12.0. The molecule has 0 unspecified atom stereocenters. The maximum Gasteiger partial charge on any atom is 0.250 e. The SMILES string of the molecule is CCOc1ccc(C=NNC(=O)CSc2nc3ccccc3s2)cc1OC. The minimum Gasteiger partial charge on any atom is -0.493 e. The van der Waals surface area contributed by atoms with Crippen LogP contribution in [0.5, 0.6) is 11.5 Å². The molecule has 1 amide bonds. The first kappa shape index (κ1) is 19.2. The molecule has 6 nitrogen and oxygen atoms in total. The van der Waals surface area contributed by atoms with Crippen molar-refractivity contribution in [2.45, 2.75) is 11.3 Å². The van der Waals surface area contributed by atoms with Crippen LogP contribution in [0.1, 0.15) is 12.5 Å². The summed E-state index contributed by atoms with van der Waals surface area (Å²) >= 11 is 2.98. The van der Waals surface area contributed by atoms with Gasteiger partial charge in [-0.3, -0.25) is 4.79 Å². The number of hydrogen-bond acceptors (Lipinski definition) is 7. The van der Waals surface area contributed by atoms with Gasteiger partial charge in [0.05, 0.1) is 35.9 Å². The quantitative estimate of drug-likeness (QED) is 0.352. The number of nitrogens with zero attached hydrogens (tertiary/aromatic N) is 2. The first-order valence-electron chi connectivity index (χ1n) is 8.30. The zero-order valence-electron chi connectivity index (χ0n) is 15.0. The lowest BCUT2D eigenvalue weighted by Crippen LogP contribution is -2.19. The standard InChI is InChI=1S/C19H19N3O3S2/c1-3-25-15-9-8-13(10-16(15)24-2)11-20-22-18(23)12-26-19-21-14-6-4-5-7-17(14)27-19/h4-11H,3,12H2,1-2H3,(H,22,23). The predicted octanol–water partition coefficient (Wildman–Crippen LogP) is 3.95. The molecule has 0 atom stereocenters. The first-order valence-corrected chi connectivity index (χ1v) is 10.1. The number of thiazole rings is 1. The Hall–Kier alpha value is -2.58. The van der Waals surface area contributed by atoms with E-state index >= 15 is 0 Å². The summed E-state index contributed by atoms with van der Waals surface area (Å²) in [5, 5.41) is 4.00. The number of rotatable bonds is 8. The smallest absolute Gasteiger partial charge is 0.250 e. The molecule has 8 heteroatoms. The Kier molecular flexibility index (Phi) is 6.67. The van der Waals surface area contributed by atoms with Crippen LogP contribution in [-0.4, -0.2) is 36.6 Å². The number of fused-ring (bicyclic) bond motifs is 1. The van der Waals surface area contributed by atoms with Crippen molar-refractivity contribution in [1.82, 2.24) is 10.4 Å². The van der Waals surface area contributed by atoms with E-state index in [1.165, 1.54) is 11.8 Å². The second kappa shape index (κ2) is 9.38. The molecule has 1 aromatic heterocycles. The van der Waals surface area contributed by atoms with Gasteiger partial charge in [-0.2, -0.15) is 5.10 Å². The van der Waals surface area contributed by atoms with Gasteiger partial charge in [0.1, 0.15) is 0 Å². The van der Waals surface area contributed by atoms with E-state index in [1.807, 2.05) is 43.3 Å². The number of thioether (sulfide) groups is 1. The summed E-state index contributed by atoms with van der Waals surface area (Å²) in [5.41, 5.74) is 4.28. The number of para-hydroxylation sites is 1. The molecule has 3 rings (SSSR count). The molecule has 0 radical (unpaired) electrons. The summed E-state index contributed by atoms with van der Waals surface area (Å²) in [4.78, 5) is 16.5. The monoisotopic (exact) mass is 401 g/mol. The van der Waals surface area contributed by atoms with Crippen molar-refractivity contribution in [3.05, 3.63) is 48.0 Å². The fourth-order valence-electron chi connectivity index (χ4n) is 2.29. The molecule has 0 saturated carbocycles. The third kappa shape index (κ3) is 5.21. The van der Waals surface area contributed by atoms with Crippen molar-refractivity contribution in [3.8, 4) is 11.5 Å². The van der Waals surface area contributed by atoms with Gasteiger partial charge in [-0.25, -0.2) is 10.4 Å². The van der Waals surface area contributed by atoms with Crippen LogP contribution >= 0.6 is 23.1 Å². The lowest BCUT2D eigenvalue weighted by molar-refractivity contribution is -0.118. The summed E-state index contributed by atoms with van der Waals surface area (Å²) in [5.74, 6) is 1.37. The number of ether oxygens (including phenoxy) is 2. The Morgan fingerprint density at radius 3 is 2.93 bits per heavy atom. The highest BCUT2D eigenvalue weighted by molar-refractivity contribution is 8.01. The predicted molar refractivity (Wildman–Crippen MR) is 110 cm³/mol. The van der Waals surface area contributed by atoms with Crippen molar-refractivity contribution >= 4 is 45.4 Å². The molecule has 3 aromatic rings. The molecule has 0 spiro atoms. The fourth-order valence-corrected chi connectivity index (χ4v) is 4.15. The Balaban J connectivity index is 1.52. The van der Waals surface area contributed by atoms with Crippen LogP contribution in [0.25, 0.3) is 10.2 Å². The zero-order chi connectivity index (χ0) is 19.1. The summed E-state index contributed by atoms with van der Waals surface area (Å²) in [7, 11) is 1.58. The number of nitrogens with one attached hydrogen (secondary N) is 1. The molecule has 0 fully saturated rings. The van der Waals surface area contributed by atoms with Crippen LogP contribution in [-0.2, 0) is 4.79 Å². The van der Waals surface area contributed by atoms with E-state index in [1.54, 1.807) is 30.7 Å². The van der Waals surface area contributed by atoms with Gasteiger partial charge in [-0.05, 0) is 42.8 Å². The molecule has 1 N–H and O–H groups in total. The normalized spacial score (nSPS) is 11.0. The molecule has 0 aliphatic heterocycles. The van der Waals surface area contributed by atoms with Gasteiger partial charge >= 0.3 is 0 Å². The first-order chi connectivity index (χ1) is 13.2. The summed E-state index contributed by atoms with van der Waals surface area (Å²) in [6, 6.07) is 13.4. The Labute approximate surface area is 165 Å². The van der Waals surface area contributed by atoms with E-state index in [2.05, 4.69) is 15.5 Å². The van der Waals surface area contributed by atoms with Gasteiger partial charge in [0.15, 0.2) is 15.8 Å². The summed E-state index contributed by atoms with van der Waals surface area (Å²) in [6.45, 7) is 2.48. The number of carbonyl (C=O) groups excluding carboxylic acids is 1. The molecule has 140 valence electrons. The lowest BCUT2D eigenvalue weighted by Gasteiger charge is -2.09. The largest absolute Gasteiger partial charge is 0.493 e. The second-order valence-corrected chi connectivity index (χ2v) is 7.63. The van der Waals surface area contributed by atoms with Crippen molar-refractivity contribution in [2.75, 3.05) is 19.5 Å². The van der Waals surface area contributed by atoms with Crippen molar-refractivity contribution in [3.63, 3.8) is 0 Å². The number of amides is 1. The van der Waals surface area contributed by atoms with E-state index in [9.17, 15) is 4.79 Å². The molecule has 2 aromatic carbocycles. The molecule has 0 bridgehead atoms. The topological polar surface area (TPSA) is 72.8 Å². The van der Waals surface area contributed by atoms with Crippen LogP contribution in [0.3, 0.4) is 0 Å². The molecule has 0 aliphatic rings. The fraction of sp³-hybridized carbons (Fsp3) is 0.211. The molecule has 1 heterocycles. The van der Waals surface area contributed by atoms with Crippen molar-refractivity contribution in [1.29, 1.82) is 0 Å². The second-order valence-electron chi connectivity index (χ2n) is 5.37. The van der Waals surface area contributed by atoms with E-state index in [0.29, 0.717) is 18.1 Å². The van der Waals surface area contributed by atoms with Crippen molar-refractivity contribution < 1.29 is 14.3 Å². The molecule has 0 aliphatic carbocycles. The summed E-state index contributed by atoms with van der Waals surface area (Å²) < 4.78 is 12.8. The Morgan fingerprint density at radius 2 is 2.15 bits per heavy atom. The highest BCUT2D eigenvalue weighted by atomic mass is 32.2. The van der Waals surface area contributed by atoms with E-state index in [0.717, 1.165) is 20.1 Å². The van der Waals surface area contributed by atoms with Gasteiger partial charge in [0.25, 0.3) is 5.91 Å². The summed E-state index contributed by atoms with van der Waals surface area (Å²) in [6.07, 6.45) is 1.57. The Morgan fingerprint density at radius 1 is 1.30 bits per heavy atom.